The van der Waals surface area contributed by atoms with E-state index < -0.39 is 47.9 Å². The van der Waals surface area contributed by atoms with Crippen molar-refractivity contribution in [3.05, 3.63) is 0 Å². The number of carboxylic acids is 1. The Morgan fingerprint density at radius 3 is 1.67 bits per heavy atom. The van der Waals surface area contributed by atoms with Gasteiger partial charge < -0.3 is 26.8 Å². The lowest BCUT2D eigenvalue weighted by Gasteiger charge is -2.25. The van der Waals surface area contributed by atoms with Crippen molar-refractivity contribution in [2.24, 2.45) is 11.7 Å². The highest BCUT2D eigenvalue weighted by molar-refractivity contribution is 7.80. The predicted molar refractivity (Wildman–Crippen MR) is 112 cm³/mol. The van der Waals surface area contributed by atoms with Crippen LogP contribution in [0.3, 0.4) is 0 Å². The molecule has 0 saturated carbocycles. The smallest absolute Gasteiger partial charge is 0.327 e. The summed E-state index contributed by atoms with van der Waals surface area (Å²) >= 11 is 11.8. The van der Waals surface area contributed by atoms with Crippen molar-refractivity contribution in [2.75, 3.05) is 17.3 Å². The van der Waals surface area contributed by atoms with Gasteiger partial charge in [-0.15, -0.1) is 0 Å². The molecule has 0 aliphatic rings. The highest BCUT2D eigenvalue weighted by Crippen LogP contribution is 2.06. The monoisotopic (exact) mass is 440 g/mol. The maximum atomic E-state index is 12.6. The Morgan fingerprint density at radius 1 is 0.815 bits per heavy atom. The van der Waals surface area contributed by atoms with Crippen LogP contribution in [-0.2, 0) is 19.2 Å². The zero-order valence-corrected chi connectivity index (χ0v) is 17.9. The Bertz CT molecular complexity index is 536. The zero-order chi connectivity index (χ0) is 21.1. The molecule has 0 fully saturated rings. The number of carboxylic acid groups (broad SMARTS) is 1. The van der Waals surface area contributed by atoms with Gasteiger partial charge in [-0.25, -0.2) is 4.79 Å². The molecule has 4 unspecified atom stereocenters. The van der Waals surface area contributed by atoms with E-state index in [1.807, 2.05) is 13.8 Å². The molecule has 0 aliphatic heterocycles. The fourth-order valence-corrected chi connectivity index (χ4v) is 2.66. The third-order valence-corrected chi connectivity index (χ3v) is 4.61. The van der Waals surface area contributed by atoms with Crippen LogP contribution in [0.15, 0.2) is 0 Å². The number of aliphatic carboxylic acids is 1. The van der Waals surface area contributed by atoms with Crippen molar-refractivity contribution in [1.82, 2.24) is 16.0 Å². The average molecular weight is 441 g/mol. The summed E-state index contributed by atoms with van der Waals surface area (Å²) in [4.78, 5) is 47.8. The van der Waals surface area contributed by atoms with E-state index in [0.717, 1.165) is 0 Å². The predicted octanol–water partition coefficient (Wildman–Crippen LogP) is -1.31. The van der Waals surface area contributed by atoms with Gasteiger partial charge in [-0.05, 0) is 12.3 Å². The molecule has 0 rings (SSSR count). The standard InChI is InChI=1S/C15H28N4O5S3/c1-7(2)3-9(17-12(20)8(16)4-25)13(21)18-10(5-26)14(22)19-11(6-27)15(23)24/h7-11,25-27H,3-6,16H2,1-2H3,(H,17,20)(H,18,21)(H,19,22)(H,23,24). The van der Waals surface area contributed by atoms with E-state index in [1.54, 1.807) is 0 Å². The summed E-state index contributed by atoms with van der Waals surface area (Å²) < 4.78 is 0. The molecular formula is C15H28N4O5S3. The number of nitrogens with one attached hydrogen (secondary N) is 3. The summed E-state index contributed by atoms with van der Waals surface area (Å²) in [5, 5.41) is 16.3. The van der Waals surface area contributed by atoms with Crippen molar-refractivity contribution in [3.8, 4) is 0 Å². The van der Waals surface area contributed by atoms with Crippen molar-refractivity contribution in [3.63, 3.8) is 0 Å². The maximum Gasteiger partial charge on any atom is 0.327 e. The maximum absolute atomic E-state index is 12.6. The largest absolute Gasteiger partial charge is 0.480 e. The number of hydrogen-bond acceptors (Lipinski definition) is 8. The van der Waals surface area contributed by atoms with Gasteiger partial charge in [-0.3, -0.25) is 14.4 Å². The van der Waals surface area contributed by atoms with Crippen molar-refractivity contribution < 1.29 is 24.3 Å². The lowest BCUT2D eigenvalue weighted by Crippen LogP contribution is -2.58. The number of carbonyl (C=O) groups excluding carboxylic acids is 3. The highest BCUT2D eigenvalue weighted by atomic mass is 32.1. The topological polar surface area (TPSA) is 151 Å². The molecule has 12 heteroatoms. The van der Waals surface area contributed by atoms with E-state index in [0.29, 0.717) is 6.42 Å². The third-order valence-electron chi connectivity index (χ3n) is 3.49. The summed E-state index contributed by atoms with van der Waals surface area (Å²) in [6.07, 6.45) is 0.326. The van der Waals surface area contributed by atoms with Gasteiger partial charge in [0.2, 0.25) is 17.7 Å². The molecule has 0 aromatic rings. The van der Waals surface area contributed by atoms with E-state index >= 15 is 0 Å². The van der Waals surface area contributed by atoms with Gasteiger partial charge in [-0.2, -0.15) is 37.9 Å². The number of hydrogen-bond donors (Lipinski definition) is 8. The molecule has 27 heavy (non-hydrogen) atoms. The molecule has 6 N–H and O–H groups in total. The van der Waals surface area contributed by atoms with Crippen molar-refractivity contribution in [2.45, 2.75) is 44.4 Å². The van der Waals surface area contributed by atoms with Crippen LogP contribution < -0.4 is 21.7 Å². The van der Waals surface area contributed by atoms with Gasteiger partial charge in [0.05, 0.1) is 6.04 Å². The first-order valence-electron chi connectivity index (χ1n) is 8.29. The Morgan fingerprint density at radius 2 is 1.26 bits per heavy atom. The van der Waals surface area contributed by atoms with Gasteiger partial charge in [0.1, 0.15) is 18.1 Å². The third kappa shape index (κ3) is 9.58. The molecule has 0 aromatic heterocycles. The molecule has 3 amide bonds. The molecular weight excluding hydrogens is 412 g/mol. The van der Waals surface area contributed by atoms with Crippen molar-refractivity contribution >= 4 is 61.6 Å². The first-order chi connectivity index (χ1) is 12.6. The Balaban J connectivity index is 5.10. The molecule has 0 radical (unpaired) electrons. The number of thiol groups is 3. The summed E-state index contributed by atoms with van der Waals surface area (Å²) in [5.41, 5.74) is 5.61. The molecule has 156 valence electrons. The summed E-state index contributed by atoms with van der Waals surface area (Å²) in [6, 6.07) is -4.04. The van der Waals surface area contributed by atoms with E-state index in [-0.39, 0.29) is 23.2 Å². The molecule has 0 heterocycles. The molecule has 0 spiro atoms. The number of nitrogens with two attached hydrogens (primary N) is 1. The van der Waals surface area contributed by atoms with E-state index in [2.05, 4.69) is 53.8 Å². The van der Waals surface area contributed by atoms with Crippen LogP contribution in [-0.4, -0.2) is 70.2 Å². The second-order valence-corrected chi connectivity index (χ2v) is 7.40. The minimum Gasteiger partial charge on any atom is -0.480 e. The Kier molecular flexibility index (Phi) is 12.6. The minimum atomic E-state index is -1.24. The van der Waals surface area contributed by atoms with Gasteiger partial charge in [0.25, 0.3) is 0 Å². The fourth-order valence-electron chi connectivity index (χ4n) is 1.99. The summed E-state index contributed by atoms with van der Waals surface area (Å²) in [5.74, 6) is -3.04. The van der Waals surface area contributed by atoms with Crippen LogP contribution in [0.5, 0.6) is 0 Å². The van der Waals surface area contributed by atoms with Crippen LogP contribution in [0.4, 0.5) is 0 Å². The first-order valence-corrected chi connectivity index (χ1v) is 10.2. The molecule has 0 aromatic carbocycles. The quantitative estimate of drug-likeness (QED) is 0.177. The molecule has 4 atom stereocenters. The molecule has 0 aliphatic carbocycles. The average Bonchev–Trinajstić information content (AvgIpc) is 2.61. The molecule has 0 bridgehead atoms. The zero-order valence-electron chi connectivity index (χ0n) is 15.2. The van der Waals surface area contributed by atoms with Crippen LogP contribution >= 0.6 is 37.9 Å². The second-order valence-electron chi connectivity index (χ2n) is 6.31. The first kappa shape index (κ1) is 25.9. The normalized spacial score (nSPS) is 15.4. The Hall–Kier alpha value is -1.11. The summed E-state index contributed by atoms with van der Waals surface area (Å²) in [7, 11) is 0. The van der Waals surface area contributed by atoms with Crippen LogP contribution in [0.2, 0.25) is 0 Å². The van der Waals surface area contributed by atoms with Gasteiger partial charge in [0, 0.05) is 17.3 Å². The minimum absolute atomic E-state index is 0.0605. The lowest BCUT2D eigenvalue weighted by atomic mass is 10.0. The van der Waals surface area contributed by atoms with E-state index in [4.69, 9.17) is 10.8 Å². The summed E-state index contributed by atoms with van der Waals surface area (Å²) in [6.45, 7) is 3.75. The SMILES string of the molecule is CC(C)CC(NC(=O)C(N)CS)C(=O)NC(CS)C(=O)NC(CS)C(=O)O. The van der Waals surface area contributed by atoms with Crippen LogP contribution in [0.25, 0.3) is 0 Å². The number of rotatable bonds is 12. The van der Waals surface area contributed by atoms with E-state index in [9.17, 15) is 19.2 Å². The lowest BCUT2D eigenvalue weighted by molar-refractivity contribution is -0.141. The van der Waals surface area contributed by atoms with Gasteiger partial charge in [-0.1, -0.05) is 13.8 Å². The molecule has 0 saturated heterocycles. The number of carbonyl (C=O) groups is 4. The van der Waals surface area contributed by atoms with E-state index in [1.165, 1.54) is 0 Å². The van der Waals surface area contributed by atoms with Gasteiger partial charge in [0.15, 0.2) is 0 Å². The fraction of sp³-hybridized carbons (Fsp3) is 0.733. The van der Waals surface area contributed by atoms with Crippen molar-refractivity contribution in [1.29, 1.82) is 0 Å². The Labute approximate surface area is 175 Å². The van der Waals surface area contributed by atoms with Gasteiger partial charge >= 0.3 is 5.97 Å². The van der Waals surface area contributed by atoms with Crippen LogP contribution in [0, 0.1) is 5.92 Å². The molecule has 9 nitrogen and oxygen atoms in total. The second kappa shape index (κ2) is 13.1. The number of amides is 3. The highest BCUT2D eigenvalue weighted by Gasteiger charge is 2.29. The van der Waals surface area contributed by atoms with Crippen LogP contribution in [0.1, 0.15) is 20.3 Å².